The number of carbonyl (C=O) groups excluding carboxylic acids is 2. The van der Waals surface area contributed by atoms with Gasteiger partial charge in [-0.25, -0.2) is 4.79 Å². The molecular weight excluding hydrogens is 392 g/mol. The molecule has 0 saturated heterocycles. The monoisotopic (exact) mass is 406 g/mol. The molecule has 0 aromatic heterocycles. The zero-order valence-corrected chi connectivity index (χ0v) is 15.2. The lowest BCUT2D eigenvalue weighted by atomic mass is 10.2. The molecule has 0 aliphatic carbocycles. The van der Waals surface area contributed by atoms with E-state index in [-0.39, 0.29) is 23.7 Å². The molecule has 28 heavy (non-hydrogen) atoms. The number of benzene rings is 2. The Morgan fingerprint density at radius 1 is 1.25 bits per heavy atom. The number of amides is 1. The summed E-state index contributed by atoms with van der Waals surface area (Å²) < 4.78 is 16.1. The Kier molecular flexibility index (Phi) is 5.95. The predicted molar refractivity (Wildman–Crippen MR) is 97.8 cm³/mol. The highest BCUT2D eigenvalue weighted by Crippen LogP contribution is 2.30. The Morgan fingerprint density at radius 3 is 2.75 bits per heavy atom. The average Bonchev–Trinajstić information content (AvgIpc) is 2.70. The number of esters is 1. The van der Waals surface area contributed by atoms with E-state index in [4.69, 9.17) is 25.8 Å². The Balaban J connectivity index is 1.49. The second-order valence-corrected chi connectivity index (χ2v) is 6.23. The van der Waals surface area contributed by atoms with Gasteiger partial charge in [0.15, 0.2) is 18.1 Å². The van der Waals surface area contributed by atoms with Gasteiger partial charge in [0.1, 0.15) is 18.3 Å². The van der Waals surface area contributed by atoms with E-state index in [0.717, 1.165) is 6.07 Å². The number of nitrogens with zero attached hydrogens (tertiary/aromatic N) is 1. The highest BCUT2D eigenvalue weighted by atomic mass is 35.5. The third kappa shape index (κ3) is 4.68. The van der Waals surface area contributed by atoms with Crippen LogP contribution in [-0.2, 0) is 9.53 Å². The van der Waals surface area contributed by atoms with Crippen LogP contribution in [0, 0.1) is 10.1 Å². The summed E-state index contributed by atoms with van der Waals surface area (Å²) in [6, 6.07) is 10.7. The summed E-state index contributed by atoms with van der Waals surface area (Å²) in [6.45, 7) is -0.192. The van der Waals surface area contributed by atoms with Gasteiger partial charge >= 0.3 is 5.97 Å². The molecule has 2 aromatic rings. The Bertz CT molecular complexity index is 919. The summed E-state index contributed by atoms with van der Waals surface area (Å²) in [5, 5.41) is 13.7. The van der Waals surface area contributed by atoms with E-state index in [9.17, 15) is 19.7 Å². The summed E-state index contributed by atoms with van der Waals surface area (Å²) in [5.74, 6) is -0.366. The molecule has 0 bridgehead atoms. The highest BCUT2D eigenvalue weighted by molar-refractivity contribution is 6.31. The quantitative estimate of drug-likeness (QED) is 0.444. The zero-order chi connectivity index (χ0) is 20.1. The molecule has 1 amide bonds. The van der Waals surface area contributed by atoms with Crippen molar-refractivity contribution in [1.29, 1.82) is 0 Å². The van der Waals surface area contributed by atoms with E-state index < -0.39 is 35.2 Å². The molecule has 146 valence electrons. The first-order valence-electron chi connectivity index (χ1n) is 8.20. The van der Waals surface area contributed by atoms with Crippen molar-refractivity contribution >= 4 is 29.2 Å². The Hall–Kier alpha value is -3.33. The van der Waals surface area contributed by atoms with E-state index in [2.05, 4.69) is 5.32 Å². The van der Waals surface area contributed by atoms with E-state index in [0.29, 0.717) is 11.5 Å². The summed E-state index contributed by atoms with van der Waals surface area (Å²) in [4.78, 5) is 34.2. The maximum Gasteiger partial charge on any atom is 0.345 e. The lowest BCUT2D eigenvalue weighted by Crippen LogP contribution is -2.42. The van der Waals surface area contributed by atoms with Crippen molar-refractivity contribution in [3.8, 4) is 11.5 Å². The fraction of sp³-hybridized carbons (Fsp3) is 0.222. The average molecular weight is 407 g/mol. The normalized spacial score (nSPS) is 14.8. The first-order valence-corrected chi connectivity index (χ1v) is 8.58. The van der Waals surface area contributed by atoms with Crippen LogP contribution in [0.15, 0.2) is 42.5 Å². The molecule has 10 heteroatoms. The molecule has 0 radical (unpaired) electrons. The van der Waals surface area contributed by atoms with Crippen LogP contribution in [0.25, 0.3) is 0 Å². The van der Waals surface area contributed by atoms with Crippen molar-refractivity contribution in [2.24, 2.45) is 0 Å². The van der Waals surface area contributed by atoms with Gasteiger partial charge in [-0.3, -0.25) is 14.9 Å². The van der Waals surface area contributed by atoms with Crippen molar-refractivity contribution in [3.63, 3.8) is 0 Å². The maximum atomic E-state index is 12.0. The molecule has 1 atom stereocenters. The first kappa shape index (κ1) is 19.4. The molecule has 1 aliphatic rings. The Morgan fingerprint density at radius 2 is 2.00 bits per heavy atom. The lowest BCUT2D eigenvalue weighted by Gasteiger charge is -2.26. The number of fused-ring (bicyclic) bond motifs is 1. The van der Waals surface area contributed by atoms with Gasteiger partial charge in [-0.2, -0.15) is 0 Å². The predicted octanol–water partition coefficient (Wildman–Crippen LogP) is 2.36. The van der Waals surface area contributed by atoms with E-state index >= 15 is 0 Å². The minimum Gasteiger partial charge on any atom is -0.486 e. The summed E-state index contributed by atoms with van der Waals surface area (Å²) in [7, 11) is 0. The third-order valence-corrected chi connectivity index (χ3v) is 4.04. The first-order chi connectivity index (χ1) is 13.4. The van der Waals surface area contributed by atoms with Crippen molar-refractivity contribution in [1.82, 2.24) is 5.32 Å². The molecular formula is C18H15ClN2O7. The number of halogens is 1. The van der Waals surface area contributed by atoms with Crippen LogP contribution >= 0.6 is 11.6 Å². The van der Waals surface area contributed by atoms with Crippen LogP contribution in [0.4, 0.5) is 5.69 Å². The van der Waals surface area contributed by atoms with Crippen molar-refractivity contribution < 1.29 is 28.7 Å². The molecule has 0 fully saturated rings. The molecule has 1 N–H and O–H groups in total. The van der Waals surface area contributed by atoms with Crippen LogP contribution in [-0.4, -0.2) is 42.7 Å². The lowest BCUT2D eigenvalue weighted by molar-refractivity contribution is -0.385. The number of nitro benzene ring substituents is 1. The minimum absolute atomic E-state index is 0.109. The molecule has 9 nitrogen and oxygen atoms in total. The van der Waals surface area contributed by atoms with E-state index in [1.54, 1.807) is 18.2 Å². The molecule has 2 aromatic carbocycles. The summed E-state index contributed by atoms with van der Waals surface area (Å²) >= 11 is 5.70. The van der Waals surface area contributed by atoms with Crippen LogP contribution in [0.5, 0.6) is 11.5 Å². The molecule has 3 rings (SSSR count). The zero-order valence-electron chi connectivity index (χ0n) is 14.4. The smallest absolute Gasteiger partial charge is 0.345 e. The van der Waals surface area contributed by atoms with Crippen molar-refractivity contribution in [2.75, 3.05) is 19.8 Å². The van der Waals surface area contributed by atoms with Crippen molar-refractivity contribution in [3.05, 3.63) is 63.2 Å². The number of carbonyl (C=O) groups is 2. The minimum atomic E-state index is -0.996. The number of para-hydroxylation sites is 2. The van der Waals surface area contributed by atoms with Crippen molar-refractivity contribution in [2.45, 2.75) is 6.10 Å². The SMILES string of the molecule is O=C(COC(=O)c1ccc(Cl)cc1[N+](=O)[O-])NC[C@H]1COc2ccccc2O1. The second kappa shape index (κ2) is 8.57. The molecule has 0 saturated carbocycles. The molecule has 0 unspecified atom stereocenters. The number of nitro groups is 1. The highest BCUT2D eigenvalue weighted by Gasteiger charge is 2.24. The van der Waals surface area contributed by atoms with Gasteiger partial charge in [0, 0.05) is 11.1 Å². The largest absolute Gasteiger partial charge is 0.486 e. The van der Waals surface area contributed by atoms with Gasteiger partial charge in [0.25, 0.3) is 11.6 Å². The number of nitrogens with one attached hydrogen (secondary N) is 1. The number of hydrogen-bond donors (Lipinski definition) is 1. The summed E-state index contributed by atoms with van der Waals surface area (Å²) in [5.41, 5.74) is -0.785. The van der Waals surface area contributed by atoms with Gasteiger partial charge in [-0.15, -0.1) is 0 Å². The van der Waals surface area contributed by atoms with Gasteiger partial charge in [-0.05, 0) is 24.3 Å². The van der Waals surface area contributed by atoms with E-state index in [1.165, 1.54) is 12.1 Å². The van der Waals surface area contributed by atoms with Crippen LogP contribution < -0.4 is 14.8 Å². The second-order valence-electron chi connectivity index (χ2n) is 5.80. The third-order valence-electron chi connectivity index (χ3n) is 3.81. The van der Waals surface area contributed by atoms with Crippen LogP contribution in [0.1, 0.15) is 10.4 Å². The molecule has 1 heterocycles. The number of rotatable bonds is 6. The number of ether oxygens (including phenoxy) is 3. The van der Waals surface area contributed by atoms with Gasteiger partial charge in [-0.1, -0.05) is 23.7 Å². The fourth-order valence-electron chi connectivity index (χ4n) is 2.48. The topological polar surface area (TPSA) is 117 Å². The van der Waals surface area contributed by atoms with Gasteiger partial charge < -0.3 is 19.5 Å². The van der Waals surface area contributed by atoms with Gasteiger partial charge in [0.05, 0.1) is 11.5 Å². The standard InChI is InChI=1S/C18H15ClN2O7/c19-11-5-6-13(14(7-11)21(24)25)18(23)27-10-17(22)20-8-12-9-26-15-3-1-2-4-16(15)28-12/h1-7,12H,8-10H2,(H,20,22)/t12-/m0/s1. The summed E-state index contributed by atoms with van der Waals surface area (Å²) in [6.07, 6.45) is -0.396. The van der Waals surface area contributed by atoms with Gasteiger partial charge in [0.2, 0.25) is 0 Å². The molecule has 1 aliphatic heterocycles. The molecule has 0 spiro atoms. The van der Waals surface area contributed by atoms with E-state index in [1.807, 2.05) is 6.07 Å². The fourth-order valence-corrected chi connectivity index (χ4v) is 2.65. The Labute approximate surface area is 164 Å². The van der Waals surface area contributed by atoms with Crippen LogP contribution in [0.2, 0.25) is 5.02 Å². The maximum absolute atomic E-state index is 12.0. The number of hydrogen-bond acceptors (Lipinski definition) is 7. The van der Waals surface area contributed by atoms with Crippen LogP contribution in [0.3, 0.4) is 0 Å².